The molecule has 0 atom stereocenters. The summed E-state index contributed by atoms with van der Waals surface area (Å²) in [5.41, 5.74) is 0. The summed E-state index contributed by atoms with van der Waals surface area (Å²) in [7, 11) is 0. The summed E-state index contributed by atoms with van der Waals surface area (Å²) in [6.07, 6.45) is 6.78. The standard InChI is InChI=1S/C10H17N3/c1-6-11-10(12-7-1)13-8-2-3-9(13)5-4-8/h8-9H,1-7H2,(H,11,12). The van der Waals surface area contributed by atoms with Crippen molar-refractivity contribution in [3.63, 3.8) is 0 Å². The molecule has 0 aromatic rings. The fourth-order valence-corrected chi connectivity index (χ4v) is 2.95. The van der Waals surface area contributed by atoms with Crippen LogP contribution in [0.15, 0.2) is 4.99 Å². The summed E-state index contributed by atoms with van der Waals surface area (Å²) in [4.78, 5) is 7.14. The molecule has 0 saturated carbocycles. The van der Waals surface area contributed by atoms with Crippen molar-refractivity contribution < 1.29 is 0 Å². The molecule has 3 heteroatoms. The molecule has 2 bridgehead atoms. The van der Waals surface area contributed by atoms with Gasteiger partial charge in [0.2, 0.25) is 0 Å². The second-order valence-electron chi connectivity index (χ2n) is 4.36. The molecule has 0 aliphatic carbocycles. The minimum Gasteiger partial charge on any atom is -0.356 e. The molecular formula is C10H17N3. The highest BCUT2D eigenvalue weighted by atomic mass is 15.4. The van der Waals surface area contributed by atoms with Crippen LogP contribution in [-0.2, 0) is 0 Å². The molecular weight excluding hydrogens is 162 g/mol. The predicted octanol–water partition coefficient (Wildman–Crippen LogP) is 0.962. The highest BCUT2D eigenvalue weighted by Gasteiger charge is 2.41. The van der Waals surface area contributed by atoms with E-state index >= 15 is 0 Å². The van der Waals surface area contributed by atoms with Crippen LogP contribution in [0.4, 0.5) is 0 Å². The molecule has 3 nitrogen and oxygen atoms in total. The molecule has 2 fully saturated rings. The van der Waals surface area contributed by atoms with Gasteiger partial charge < -0.3 is 10.2 Å². The molecule has 0 aromatic carbocycles. The lowest BCUT2D eigenvalue weighted by atomic mass is 10.0. The number of nitrogens with one attached hydrogen (secondary N) is 1. The van der Waals surface area contributed by atoms with Crippen LogP contribution in [0.2, 0.25) is 0 Å². The van der Waals surface area contributed by atoms with E-state index in [4.69, 9.17) is 0 Å². The van der Waals surface area contributed by atoms with Gasteiger partial charge in [-0.1, -0.05) is 0 Å². The smallest absolute Gasteiger partial charge is 0.194 e. The molecule has 2 saturated heterocycles. The van der Waals surface area contributed by atoms with E-state index in [1.165, 1.54) is 38.1 Å². The monoisotopic (exact) mass is 179 g/mol. The summed E-state index contributed by atoms with van der Waals surface area (Å²) < 4.78 is 0. The Kier molecular flexibility index (Phi) is 1.70. The van der Waals surface area contributed by atoms with E-state index < -0.39 is 0 Å². The predicted molar refractivity (Wildman–Crippen MR) is 52.8 cm³/mol. The van der Waals surface area contributed by atoms with Gasteiger partial charge in [0.25, 0.3) is 0 Å². The summed E-state index contributed by atoms with van der Waals surface area (Å²) in [5.74, 6) is 1.20. The van der Waals surface area contributed by atoms with Crippen LogP contribution in [0, 0.1) is 0 Å². The molecule has 3 aliphatic rings. The van der Waals surface area contributed by atoms with Crippen molar-refractivity contribution >= 4 is 5.96 Å². The molecule has 0 amide bonds. The van der Waals surface area contributed by atoms with Crippen LogP contribution < -0.4 is 5.32 Å². The number of hydrogen-bond acceptors (Lipinski definition) is 3. The van der Waals surface area contributed by atoms with E-state index in [0.29, 0.717) is 0 Å². The van der Waals surface area contributed by atoms with E-state index in [2.05, 4.69) is 15.2 Å². The first-order valence-corrected chi connectivity index (χ1v) is 5.52. The van der Waals surface area contributed by atoms with Crippen LogP contribution in [0.5, 0.6) is 0 Å². The maximum absolute atomic E-state index is 4.58. The van der Waals surface area contributed by atoms with Crippen molar-refractivity contribution in [3.05, 3.63) is 0 Å². The van der Waals surface area contributed by atoms with Crippen molar-refractivity contribution in [1.29, 1.82) is 0 Å². The highest BCUT2D eigenvalue weighted by molar-refractivity contribution is 5.81. The Bertz CT molecular complexity index is 216. The molecule has 72 valence electrons. The van der Waals surface area contributed by atoms with Gasteiger partial charge in [-0.25, -0.2) is 0 Å². The lowest BCUT2D eigenvalue weighted by molar-refractivity contribution is 0.377. The second-order valence-corrected chi connectivity index (χ2v) is 4.36. The lowest BCUT2D eigenvalue weighted by Gasteiger charge is -2.28. The van der Waals surface area contributed by atoms with Crippen LogP contribution >= 0.6 is 0 Å². The van der Waals surface area contributed by atoms with Crippen molar-refractivity contribution in [3.8, 4) is 0 Å². The van der Waals surface area contributed by atoms with Crippen LogP contribution in [0.3, 0.4) is 0 Å². The molecule has 0 spiro atoms. The van der Waals surface area contributed by atoms with Gasteiger partial charge in [0.05, 0.1) is 0 Å². The molecule has 1 N–H and O–H groups in total. The third-order valence-corrected chi connectivity index (χ3v) is 3.58. The minimum atomic E-state index is 0.814. The van der Waals surface area contributed by atoms with Crippen molar-refractivity contribution in [2.45, 2.75) is 44.2 Å². The van der Waals surface area contributed by atoms with Crippen LogP contribution in [0.25, 0.3) is 0 Å². The Labute approximate surface area is 79.2 Å². The molecule has 3 aliphatic heterocycles. The lowest BCUT2D eigenvalue weighted by Crippen LogP contribution is -2.46. The fraction of sp³-hybridized carbons (Fsp3) is 0.900. The van der Waals surface area contributed by atoms with Crippen LogP contribution in [0.1, 0.15) is 32.1 Å². The van der Waals surface area contributed by atoms with Crippen molar-refractivity contribution in [2.24, 2.45) is 4.99 Å². The third kappa shape index (κ3) is 1.13. The third-order valence-electron chi connectivity index (χ3n) is 3.58. The number of aliphatic imine (C=N–C) groups is 1. The normalized spacial score (nSPS) is 37.5. The highest BCUT2D eigenvalue weighted by Crippen LogP contribution is 2.37. The Hall–Kier alpha value is -0.730. The average Bonchev–Trinajstić information content (AvgIpc) is 2.78. The van der Waals surface area contributed by atoms with Crippen molar-refractivity contribution in [2.75, 3.05) is 13.1 Å². The molecule has 0 aromatic heterocycles. The number of rotatable bonds is 0. The Balaban J connectivity index is 1.81. The first-order valence-electron chi connectivity index (χ1n) is 5.52. The van der Waals surface area contributed by atoms with Gasteiger partial charge in [-0.3, -0.25) is 4.99 Å². The Morgan fingerprint density at radius 1 is 1.15 bits per heavy atom. The average molecular weight is 179 g/mol. The Morgan fingerprint density at radius 2 is 1.85 bits per heavy atom. The zero-order chi connectivity index (χ0) is 8.67. The quantitative estimate of drug-likeness (QED) is 0.600. The number of nitrogens with zero attached hydrogens (tertiary/aromatic N) is 2. The van der Waals surface area contributed by atoms with Gasteiger partial charge >= 0.3 is 0 Å². The zero-order valence-electron chi connectivity index (χ0n) is 8.00. The van der Waals surface area contributed by atoms with E-state index in [1.807, 2.05) is 0 Å². The maximum atomic E-state index is 4.58. The molecule has 3 heterocycles. The summed E-state index contributed by atoms with van der Waals surface area (Å²) in [6.45, 7) is 2.15. The van der Waals surface area contributed by atoms with Gasteiger partial charge in [0, 0.05) is 25.2 Å². The second kappa shape index (κ2) is 2.89. The van der Waals surface area contributed by atoms with Gasteiger partial charge in [-0.2, -0.15) is 0 Å². The summed E-state index contributed by atoms with van der Waals surface area (Å²) >= 11 is 0. The van der Waals surface area contributed by atoms with Crippen molar-refractivity contribution in [1.82, 2.24) is 10.2 Å². The number of hydrogen-bond donors (Lipinski definition) is 1. The van der Waals surface area contributed by atoms with Gasteiger partial charge in [-0.05, 0) is 32.1 Å². The first-order chi connectivity index (χ1) is 6.45. The van der Waals surface area contributed by atoms with E-state index in [-0.39, 0.29) is 0 Å². The minimum absolute atomic E-state index is 0.814. The fourth-order valence-electron chi connectivity index (χ4n) is 2.95. The van der Waals surface area contributed by atoms with E-state index in [9.17, 15) is 0 Å². The molecule has 0 radical (unpaired) electrons. The largest absolute Gasteiger partial charge is 0.356 e. The zero-order valence-corrected chi connectivity index (χ0v) is 8.00. The summed E-state index contributed by atoms with van der Waals surface area (Å²) in [6, 6.07) is 1.63. The Morgan fingerprint density at radius 3 is 2.38 bits per heavy atom. The molecule has 3 rings (SSSR count). The summed E-state index contributed by atoms with van der Waals surface area (Å²) in [5, 5.41) is 3.44. The molecule has 13 heavy (non-hydrogen) atoms. The maximum Gasteiger partial charge on any atom is 0.194 e. The van der Waals surface area contributed by atoms with E-state index in [1.54, 1.807) is 0 Å². The molecule has 0 unspecified atom stereocenters. The van der Waals surface area contributed by atoms with Crippen LogP contribution in [-0.4, -0.2) is 36.0 Å². The SMILES string of the molecule is C1CN=C(N2C3CCC2CC3)NC1. The van der Waals surface area contributed by atoms with Gasteiger partial charge in [0.1, 0.15) is 0 Å². The van der Waals surface area contributed by atoms with E-state index in [0.717, 1.165) is 25.2 Å². The topological polar surface area (TPSA) is 27.6 Å². The number of fused-ring (bicyclic) bond motifs is 2. The number of guanidine groups is 1. The van der Waals surface area contributed by atoms with Gasteiger partial charge in [0.15, 0.2) is 5.96 Å². The first kappa shape index (κ1) is 7.65. The van der Waals surface area contributed by atoms with Gasteiger partial charge in [-0.15, -0.1) is 0 Å².